The highest BCUT2D eigenvalue weighted by Crippen LogP contribution is 2.23. The Kier molecular flexibility index (Phi) is 3.59. The smallest absolute Gasteiger partial charge is 0.0645 e. The molecule has 0 aliphatic carbocycles. The standard InChI is InChI=1S/C18H19N3/c1-13-8-9-17(14(2)10-13)18(19)15-11-20-21(12-15)16-6-4-3-5-7-16/h3-12,18H,19H2,1-2H3. The summed E-state index contributed by atoms with van der Waals surface area (Å²) in [5.74, 6) is 0. The van der Waals surface area contributed by atoms with Crippen LogP contribution in [0.5, 0.6) is 0 Å². The Hall–Kier alpha value is -2.39. The van der Waals surface area contributed by atoms with E-state index in [1.165, 1.54) is 11.1 Å². The topological polar surface area (TPSA) is 43.8 Å². The van der Waals surface area contributed by atoms with E-state index in [2.05, 4.69) is 37.1 Å². The molecule has 0 amide bonds. The number of aryl methyl sites for hydroxylation is 2. The van der Waals surface area contributed by atoms with Gasteiger partial charge in [-0.15, -0.1) is 0 Å². The number of rotatable bonds is 3. The Morgan fingerprint density at radius 2 is 1.81 bits per heavy atom. The molecule has 3 aromatic rings. The Bertz CT molecular complexity index is 744. The normalized spacial score (nSPS) is 12.3. The van der Waals surface area contributed by atoms with Gasteiger partial charge < -0.3 is 5.73 Å². The van der Waals surface area contributed by atoms with Gasteiger partial charge in [0.25, 0.3) is 0 Å². The minimum absolute atomic E-state index is 0.150. The maximum Gasteiger partial charge on any atom is 0.0645 e. The van der Waals surface area contributed by atoms with Crippen LogP contribution in [0.3, 0.4) is 0 Å². The van der Waals surface area contributed by atoms with Crippen LogP contribution >= 0.6 is 0 Å². The van der Waals surface area contributed by atoms with Gasteiger partial charge >= 0.3 is 0 Å². The molecule has 0 fully saturated rings. The Balaban J connectivity index is 1.92. The molecule has 0 saturated carbocycles. The number of aromatic nitrogens is 2. The zero-order valence-electron chi connectivity index (χ0n) is 12.3. The van der Waals surface area contributed by atoms with Crippen molar-refractivity contribution in [3.05, 3.63) is 83.2 Å². The zero-order valence-corrected chi connectivity index (χ0v) is 12.3. The highest BCUT2D eigenvalue weighted by molar-refractivity contribution is 5.38. The van der Waals surface area contributed by atoms with E-state index in [-0.39, 0.29) is 6.04 Å². The molecule has 106 valence electrons. The van der Waals surface area contributed by atoms with Gasteiger partial charge in [0.2, 0.25) is 0 Å². The van der Waals surface area contributed by atoms with Crippen molar-refractivity contribution in [1.82, 2.24) is 9.78 Å². The largest absolute Gasteiger partial charge is 0.320 e. The average molecular weight is 277 g/mol. The summed E-state index contributed by atoms with van der Waals surface area (Å²) in [5, 5.41) is 4.42. The summed E-state index contributed by atoms with van der Waals surface area (Å²) in [4.78, 5) is 0. The average Bonchev–Trinajstić information content (AvgIpc) is 2.97. The number of hydrogen-bond donors (Lipinski definition) is 1. The second-order valence-electron chi connectivity index (χ2n) is 5.39. The van der Waals surface area contributed by atoms with E-state index < -0.39 is 0 Å². The first-order valence-electron chi connectivity index (χ1n) is 7.08. The molecule has 2 aromatic carbocycles. The molecule has 21 heavy (non-hydrogen) atoms. The van der Waals surface area contributed by atoms with Crippen molar-refractivity contribution < 1.29 is 0 Å². The minimum atomic E-state index is -0.150. The summed E-state index contributed by atoms with van der Waals surface area (Å²) in [5.41, 5.74) is 12.1. The lowest BCUT2D eigenvalue weighted by Gasteiger charge is -2.13. The van der Waals surface area contributed by atoms with E-state index >= 15 is 0 Å². The molecule has 0 aliphatic heterocycles. The third-order valence-corrected chi connectivity index (χ3v) is 3.74. The Morgan fingerprint density at radius 1 is 1.05 bits per heavy atom. The van der Waals surface area contributed by atoms with E-state index in [0.717, 1.165) is 16.8 Å². The van der Waals surface area contributed by atoms with Gasteiger partial charge in [0.15, 0.2) is 0 Å². The van der Waals surface area contributed by atoms with Gasteiger partial charge in [-0.25, -0.2) is 4.68 Å². The maximum absolute atomic E-state index is 6.41. The summed E-state index contributed by atoms with van der Waals surface area (Å²) >= 11 is 0. The summed E-state index contributed by atoms with van der Waals surface area (Å²) in [6, 6.07) is 16.3. The fraction of sp³-hybridized carbons (Fsp3) is 0.167. The van der Waals surface area contributed by atoms with Crippen LogP contribution in [0.25, 0.3) is 5.69 Å². The van der Waals surface area contributed by atoms with Crippen LogP contribution in [-0.4, -0.2) is 9.78 Å². The molecule has 1 unspecified atom stereocenters. The predicted octanol–water partition coefficient (Wildman–Crippen LogP) is 3.54. The molecule has 3 heteroatoms. The first-order valence-corrected chi connectivity index (χ1v) is 7.08. The van der Waals surface area contributed by atoms with Crippen molar-refractivity contribution in [2.24, 2.45) is 5.73 Å². The van der Waals surface area contributed by atoms with E-state index in [1.54, 1.807) is 0 Å². The van der Waals surface area contributed by atoms with E-state index in [4.69, 9.17) is 5.73 Å². The van der Waals surface area contributed by atoms with Gasteiger partial charge in [-0.1, -0.05) is 42.0 Å². The van der Waals surface area contributed by atoms with Gasteiger partial charge in [0.1, 0.15) is 0 Å². The van der Waals surface area contributed by atoms with Gasteiger partial charge in [0.05, 0.1) is 17.9 Å². The summed E-state index contributed by atoms with van der Waals surface area (Å²) in [6.45, 7) is 4.19. The first kappa shape index (κ1) is 13.6. The highest BCUT2D eigenvalue weighted by atomic mass is 15.3. The van der Waals surface area contributed by atoms with Crippen LogP contribution in [0.2, 0.25) is 0 Å². The Morgan fingerprint density at radius 3 is 2.52 bits per heavy atom. The Labute approximate surface area is 125 Å². The lowest BCUT2D eigenvalue weighted by molar-refractivity contribution is 0.854. The predicted molar refractivity (Wildman–Crippen MR) is 85.5 cm³/mol. The van der Waals surface area contributed by atoms with Crippen LogP contribution < -0.4 is 5.73 Å². The molecule has 1 aromatic heterocycles. The van der Waals surface area contributed by atoms with Crippen LogP contribution in [0.15, 0.2) is 60.9 Å². The molecule has 1 atom stereocenters. The lowest BCUT2D eigenvalue weighted by atomic mass is 9.96. The molecule has 2 N–H and O–H groups in total. The van der Waals surface area contributed by atoms with Crippen molar-refractivity contribution in [3.8, 4) is 5.69 Å². The minimum Gasteiger partial charge on any atom is -0.320 e. The second kappa shape index (κ2) is 5.54. The molecule has 3 rings (SSSR count). The lowest BCUT2D eigenvalue weighted by Crippen LogP contribution is -2.12. The maximum atomic E-state index is 6.41. The van der Waals surface area contributed by atoms with E-state index in [0.29, 0.717) is 0 Å². The fourth-order valence-electron chi connectivity index (χ4n) is 2.57. The van der Waals surface area contributed by atoms with Crippen LogP contribution in [0.1, 0.15) is 28.3 Å². The van der Waals surface area contributed by atoms with Crippen molar-refractivity contribution >= 4 is 0 Å². The SMILES string of the molecule is Cc1ccc(C(N)c2cnn(-c3ccccc3)c2)c(C)c1. The van der Waals surface area contributed by atoms with Crippen molar-refractivity contribution in [3.63, 3.8) is 0 Å². The van der Waals surface area contributed by atoms with Crippen molar-refractivity contribution in [2.45, 2.75) is 19.9 Å². The van der Waals surface area contributed by atoms with Gasteiger partial charge in [-0.2, -0.15) is 5.10 Å². The van der Waals surface area contributed by atoms with Crippen molar-refractivity contribution in [2.75, 3.05) is 0 Å². The van der Waals surface area contributed by atoms with Gasteiger partial charge in [-0.3, -0.25) is 0 Å². The monoisotopic (exact) mass is 277 g/mol. The molecular weight excluding hydrogens is 258 g/mol. The summed E-state index contributed by atoms with van der Waals surface area (Å²) in [7, 11) is 0. The van der Waals surface area contributed by atoms with Crippen LogP contribution in [0, 0.1) is 13.8 Å². The molecule has 0 spiro atoms. The molecule has 0 saturated heterocycles. The molecule has 0 radical (unpaired) electrons. The number of nitrogens with two attached hydrogens (primary N) is 1. The van der Waals surface area contributed by atoms with Crippen LogP contribution in [0.4, 0.5) is 0 Å². The van der Waals surface area contributed by atoms with Crippen LogP contribution in [-0.2, 0) is 0 Å². The third kappa shape index (κ3) is 2.73. The number of benzene rings is 2. The van der Waals surface area contributed by atoms with Crippen molar-refractivity contribution in [1.29, 1.82) is 0 Å². The second-order valence-corrected chi connectivity index (χ2v) is 5.39. The fourth-order valence-corrected chi connectivity index (χ4v) is 2.57. The quantitative estimate of drug-likeness (QED) is 0.795. The molecule has 0 aliphatic rings. The highest BCUT2D eigenvalue weighted by Gasteiger charge is 2.13. The number of hydrogen-bond acceptors (Lipinski definition) is 2. The molecule has 1 heterocycles. The van der Waals surface area contributed by atoms with Gasteiger partial charge in [0, 0.05) is 11.8 Å². The summed E-state index contributed by atoms with van der Waals surface area (Å²) < 4.78 is 1.86. The molecule has 3 nitrogen and oxygen atoms in total. The molecular formula is C18H19N3. The first-order chi connectivity index (χ1) is 10.1. The number of nitrogens with zero attached hydrogens (tertiary/aromatic N) is 2. The molecule has 0 bridgehead atoms. The third-order valence-electron chi connectivity index (χ3n) is 3.74. The zero-order chi connectivity index (χ0) is 14.8. The van der Waals surface area contributed by atoms with E-state index in [9.17, 15) is 0 Å². The summed E-state index contributed by atoms with van der Waals surface area (Å²) in [6.07, 6.45) is 3.84. The number of para-hydroxylation sites is 1. The van der Waals surface area contributed by atoms with E-state index in [1.807, 2.05) is 47.4 Å². The van der Waals surface area contributed by atoms with Gasteiger partial charge in [-0.05, 0) is 37.1 Å².